The number of carboxylic acids is 1. The van der Waals surface area contributed by atoms with E-state index in [9.17, 15) is 15.0 Å². The highest BCUT2D eigenvalue weighted by atomic mass is 35.5. The lowest BCUT2D eigenvalue weighted by molar-refractivity contribution is 0.0698. The van der Waals surface area contributed by atoms with Crippen molar-refractivity contribution in [2.75, 3.05) is 26.0 Å². The minimum absolute atomic E-state index is 0.0811. The van der Waals surface area contributed by atoms with Crippen LogP contribution in [0, 0.1) is 0 Å². The number of nitrogens with zero attached hydrogens (tertiary/aromatic N) is 3. The van der Waals surface area contributed by atoms with Gasteiger partial charge in [-0.3, -0.25) is 0 Å². The predicted molar refractivity (Wildman–Crippen MR) is 105 cm³/mol. The largest absolute Gasteiger partial charge is 0.508 e. The summed E-state index contributed by atoms with van der Waals surface area (Å²) in [5, 5.41) is 23.7. The number of hydrogen-bond donors (Lipinski definition) is 3. The molecule has 0 aliphatic rings. The van der Waals surface area contributed by atoms with Gasteiger partial charge in [-0.25, -0.2) is 14.8 Å². The molecule has 0 saturated heterocycles. The number of halogens is 1. The van der Waals surface area contributed by atoms with Crippen LogP contribution in [0.1, 0.15) is 22.0 Å². The van der Waals surface area contributed by atoms with Crippen LogP contribution in [0.3, 0.4) is 0 Å². The molecule has 0 radical (unpaired) electrons. The Kier molecular flexibility index (Phi) is 5.43. The number of nitrogens with one attached hydrogen (secondary N) is 1. The topological polar surface area (TPSA) is 98.6 Å². The molecule has 1 aromatic heterocycles. The molecule has 3 N–H and O–H groups in total. The van der Waals surface area contributed by atoms with Gasteiger partial charge >= 0.3 is 5.97 Å². The van der Waals surface area contributed by atoms with Gasteiger partial charge in [0, 0.05) is 17.0 Å². The van der Waals surface area contributed by atoms with Crippen LogP contribution in [0.5, 0.6) is 5.75 Å². The van der Waals surface area contributed by atoms with Crippen molar-refractivity contribution in [1.29, 1.82) is 0 Å². The van der Waals surface area contributed by atoms with E-state index in [4.69, 9.17) is 11.6 Å². The van der Waals surface area contributed by atoms with Gasteiger partial charge in [0.1, 0.15) is 17.9 Å². The van der Waals surface area contributed by atoms with E-state index < -0.39 is 5.97 Å². The fourth-order valence-electron chi connectivity index (χ4n) is 2.92. The molecule has 27 heavy (non-hydrogen) atoms. The molecule has 1 heterocycles. The van der Waals surface area contributed by atoms with Crippen LogP contribution >= 0.6 is 11.6 Å². The van der Waals surface area contributed by atoms with Crippen molar-refractivity contribution in [3.05, 3.63) is 58.9 Å². The van der Waals surface area contributed by atoms with Crippen LogP contribution in [0.2, 0.25) is 5.02 Å². The van der Waals surface area contributed by atoms with Gasteiger partial charge in [0.25, 0.3) is 0 Å². The number of hydrogen-bond acceptors (Lipinski definition) is 6. The molecular formula is C19H19ClN4O3. The second-order valence-electron chi connectivity index (χ2n) is 6.43. The first-order valence-corrected chi connectivity index (χ1v) is 8.60. The molecule has 140 valence electrons. The van der Waals surface area contributed by atoms with E-state index in [0.717, 1.165) is 5.56 Å². The fourth-order valence-corrected chi connectivity index (χ4v) is 3.12. The number of phenolic OH excluding ortho intramolecular Hbond substituents is 1. The van der Waals surface area contributed by atoms with Crippen LogP contribution in [-0.4, -0.2) is 51.7 Å². The van der Waals surface area contributed by atoms with E-state index in [0.29, 0.717) is 22.8 Å². The second kappa shape index (κ2) is 7.77. The lowest BCUT2D eigenvalue weighted by Gasteiger charge is -2.24. The number of aromatic hydroxyl groups is 1. The van der Waals surface area contributed by atoms with Crippen LogP contribution < -0.4 is 5.32 Å². The summed E-state index contributed by atoms with van der Waals surface area (Å²) in [5.41, 5.74) is 1.14. The smallest absolute Gasteiger partial charge is 0.338 e. The van der Waals surface area contributed by atoms with Crippen molar-refractivity contribution in [1.82, 2.24) is 14.9 Å². The third-order valence-electron chi connectivity index (χ3n) is 4.06. The van der Waals surface area contributed by atoms with Crippen molar-refractivity contribution >= 4 is 34.3 Å². The Morgan fingerprint density at radius 3 is 2.70 bits per heavy atom. The molecular weight excluding hydrogens is 368 g/mol. The van der Waals surface area contributed by atoms with E-state index in [2.05, 4.69) is 15.3 Å². The monoisotopic (exact) mass is 386 g/mol. The molecule has 0 spiro atoms. The molecule has 7 nitrogen and oxygen atoms in total. The zero-order valence-corrected chi connectivity index (χ0v) is 15.6. The van der Waals surface area contributed by atoms with Gasteiger partial charge in [-0.2, -0.15) is 0 Å². The Bertz CT molecular complexity index is 994. The van der Waals surface area contributed by atoms with Crippen molar-refractivity contribution in [2.24, 2.45) is 0 Å². The maximum atomic E-state index is 11.5. The summed E-state index contributed by atoms with van der Waals surface area (Å²) in [6.07, 6.45) is 1.30. The summed E-state index contributed by atoms with van der Waals surface area (Å²) in [4.78, 5) is 21.9. The van der Waals surface area contributed by atoms with Crippen LogP contribution in [-0.2, 0) is 0 Å². The molecule has 0 amide bonds. The predicted octanol–water partition coefficient (Wildman–Crippen LogP) is 3.40. The van der Waals surface area contributed by atoms with E-state index in [1.807, 2.05) is 37.2 Å². The Hall–Kier alpha value is -2.90. The Morgan fingerprint density at radius 1 is 1.26 bits per heavy atom. The molecule has 0 aliphatic heterocycles. The number of phenols is 1. The average Bonchev–Trinajstić information content (AvgIpc) is 2.60. The minimum atomic E-state index is -1.17. The summed E-state index contributed by atoms with van der Waals surface area (Å²) < 4.78 is 0. The fraction of sp³-hybridized carbons (Fsp3) is 0.211. The lowest BCUT2D eigenvalue weighted by atomic mass is 10.1. The quantitative estimate of drug-likeness (QED) is 0.597. The molecule has 8 heteroatoms. The summed E-state index contributed by atoms with van der Waals surface area (Å²) in [7, 11) is 3.90. The summed E-state index contributed by atoms with van der Waals surface area (Å²) in [6.45, 7) is 0.649. The second-order valence-corrected chi connectivity index (χ2v) is 6.87. The van der Waals surface area contributed by atoms with Crippen molar-refractivity contribution in [3.8, 4) is 5.75 Å². The number of anilines is 1. The zero-order valence-electron chi connectivity index (χ0n) is 14.8. The summed E-state index contributed by atoms with van der Waals surface area (Å²) in [6, 6.07) is 9.96. The lowest BCUT2D eigenvalue weighted by Crippen LogP contribution is -2.26. The highest BCUT2D eigenvalue weighted by Crippen LogP contribution is 2.30. The van der Waals surface area contributed by atoms with E-state index in [-0.39, 0.29) is 22.9 Å². The normalized spacial score (nSPS) is 12.3. The van der Waals surface area contributed by atoms with Crippen LogP contribution in [0.25, 0.3) is 10.9 Å². The van der Waals surface area contributed by atoms with E-state index in [1.165, 1.54) is 18.5 Å². The van der Waals surface area contributed by atoms with Gasteiger partial charge in [0.05, 0.1) is 17.1 Å². The third kappa shape index (κ3) is 4.27. The molecule has 0 aliphatic carbocycles. The SMILES string of the molecule is CN(C)CC(Nc1ncnc2c(C(=O)O)cc(O)cc12)c1cccc(Cl)c1. The van der Waals surface area contributed by atoms with Gasteiger partial charge in [-0.15, -0.1) is 0 Å². The molecule has 1 atom stereocenters. The number of rotatable bonds is 6. The first-order chi connectivity index (χ1) is 12.8. The van der Waals surface area contributed by atoms with E-state index in [1.54, 1.807) is 6.07 Å². The van der Waals surface area contributed by atoms with Gasteiger partial charge in [0.15, 0.2) is 0 Å². The Balaban J connectivity index is 2.08. The number of likely N-dealkylation sites (N-methyl/N-ethyl adjacent to an activating group) is 1. The number of benzene rings is 2. The maximum Gasteiger partial charge on any atom is 0.338 e. The number of aromatic nitrogens is 2. The standard InChI is InChI=1S/C19H19ClN4O3/c1-24(2)9-16(11-4-3-5-12(20)6-11)23-18-14-7-13(25)8-15(19(26)27)17(14)21-10-22-18/h3-8,10,16,25H,9H2,1-2H3,(H,26,27)(H,21,22,23). The van der Waals surface area contributed by atoms with Gasteiger partial charge in [-0.05, 0) is 43.9 Å². The molecule has 2 aromatic carbocycles. The summed E-state index contributed by atoms with van der Waals surface area (Å²) in [5.74, 6) is -0.893. The first-order valence-electron chi connectivity index (χ1n) is 8.23. The third-order valence-corrected chi connectivity index (χ3v) is 4.30. The number of carboxylic acid groups (broad SMARTS) is 1. The highest BCUT2D eigenvalue weighted by Gasteiger charge is 2.18. The van der Waals surface area contributed by atoms with Gasteiger partial charge in [-0.1, -0.05) is 23.7 Å². The number of carbonyl (C=O) groups is 1. The molecule has 0 fully saturated rings. The molecule has 0 saturated carbocycles. The highest BCUT2D eigenvalue weighted by molar-refractivity contribution is 6.30. The Morgan fingerprint density at radius 2 is 2.04 bits per heavy atom. The summed E-state index contributed by atoms with van der Waals surface area (Å²) >= 11 is 6.13. The minimum Gasteiger partial charge on any atom is -0.508 e. The number of aromatic carboxylic acids is 1. The van der Waals surface area contributed by atoms with Crippen molar-refractivity contribution in [3.63, 3.8) is 0 Å². The van der Waals surface area contributed by atoms with Crippen LogP contribution in [0.15, 0.2) is 42.7 Å². The Labute approximate surface area is 161 Å². The maximum absolute atomic E-state index is 11.5. The van der Waals surface area contributed by atoms with Gasteiger partial charge < -0.3 is 20.4 Å². The van der Waals surface area contributed by atoms with Crippen LogP contribution in [0.4, 0.5) is 5.82 Å². The zero-order chi connectivity index (χ0) is 19.6. The average molecular weight is 387 g/mol. The first kappa shape index (κ1) is 18.9. The molecule has 3 aromatic rings. The van der Waals surface area contributed by atoms with Crippen molar-refractivity contribution < 1.29 is 15.0 Å². The van der Waals surface area contributed by atoms with Gasteiger partial charge in [0.2, 0.25) is 0 Å². The number of fused-ring (bicyclic) bond motifs is 1. The van der Waals surface area contributed by atoms with E-state index >= 15 is 0 Å². The molecule has 0 bridgehead atoms. The molecule has 1 unspecified atom stereocenters. The molecule has 3 rings (SSSR count). The van der Waals surface area contributed by atoms with Crippen molar-refractivity contribution in [2.45, 2.75) is 6.04 Å².